The molecule has 0 radical (unpaired) electrons. The Kier molecular flexibility index (Phi) is 3.49. The molecule has 0 aliphatic carbocycles. The zero-order chi connectivity index (χ0) is 10.7. The SMILES string of the molecule is O=C(OC1CCSC1)c1ccncc1Cl. The van der Waals surface area contributed by atoms with Gasteiger partial charge in [-0.2, -0.15) is 11.8 Å². The molecule has 1 aromatic heterocycles. The van der Waals surface area contributed by atoms with Crippen LogP contribution < -0.4 is 0 Å². The second kappa shape index (κ2) is 4.86. The van der Waals surface area contributed by atoms with Crippen molar-refractivity contribution in [1.29, 1.82) is 0 Å². The van der Waals surface area contributed by atoms with E-state index in [1.165, 1.54) is 12.4 Å². The first kappa shape index (κ1) is 10.8. The van der Waals surface area contributed by atoms with Gasteiger partial charge < -0.3 is 4.74 Å². The highest BCUT2D eigenvalue weighted by molar-refractivity contribution is 7.99. The normalized spacial score (nSPS) is 20.2. The van der Waals surface area contributed by atoms with E-state index < -0.39 is 0 Å². The second-order valence-corrected chi connectivity index (χ2v) is 4.80. The number of nitrogens with zero attached hydrogens (tertiary/aromatic N) is 1. The summed E-state index contributed by atoms with van der Waals surface area (Å²) in [7, 11) is 0. The summed E-state index contributed by atoms with van der Waals surface area (Å²) in [5, 5.41) is 0.341. The van der Waals surface area contributed by atoms with Crippen molar-refractivity contribution in [3.05, 3.63) is 29.0 Å². The third kappa shape index (κ3) is 2.63. The van der Waals surface area contributed by atoms with Crippen molar-refractivity contribution >= 4 is 29.3 Å². The van der Waals surface area contributed by atoms with Crippen LogP contribution in [0, 0.1) is 0 Å². The average Bonchev–Trinajstić information content (AvgIpc) is 2.71. The molecule has 1 aliphatic rings. The van der Waals surface area contributed by atoms with Crippen molar-refractivity contribution in [3.63, 3.8) is 0 Å². The van der Waals surface area contributed by atoms with Crippen molar-refractivity contribution in [3.8, 4) is 0 Å². The summed E-state index contributed by atoms with van der Waals surface area (Å²) >= 11 is 7.64. The van der Waals surface area contributed by atoms with Gasteiger partial charge in [0.2, 0.25) is 0 Å². The van der Waals surface area contributed by atoms with Crippen LogP contribution in [0.2, 0.25) is 5.02 Å². The van der Waals surface area contributed by atoms with E-state index in [1.54, 1.807) is 17.8 Å². The number of hydrogen-bond acceptors (Lipinski definition) is 4. The number of ether oxygens (including phenoxy) is 1. The number of esters is 1. The summed E-state index contributed by atoms with van der Waals surface area (Å²) < 4.78 is 5.31. The predicted molar refractivity (Wildman–Crippen MR) is 60.4 cm³/mol. The van der Waals surface area contributed by atoms with Gasteiger partial charge in [-0.05, 0) is 18.2 Å². The van der Waals surface area contributed by atoms with Gasteiger partial charge in [-0.25, -0.2) is 4.79 Å². The molecule has 2 rings (SSSR count). The molecule has 1 saturated heterocycles. The first-order chi connectivity index (χ1) is 7.27. The van der Waals surface area contributed by atoms with Gasteiger partial charge in [0, 0.05) is 18.1 Å². The predicted octanol–water partition coefficient (Wildman–Crippen LogP) is 2.40. The van der Waals surface area contributed by atoms with Crippen LogP contribution in [0.25, 0.3) is 0 Å². The van der Waals surface area contributed by atoms with E-state index in [0.29, 0.717) is 10.6 Å². The lowest BCUT2D eigenvalue weighted by Crippen LogP contribution is -2.17. The number of carbonyl (C=O) groups is 1. The summed E-state index contributed by atoms with van der Waals surface area (Å²) in [5.74, 6) is 1.59. The molecule has 80 valence electrons. The second-order valence-electron chi connectivity index (χ2n) is 3.25. The fourth-order valence-electron chi connectivity index (χ4n) is 1.36. The quantitative estimate of drug-likeness (QED) is 0.748. The van der Waals surface area contributed by atoms with Gasteiger partial charge in [0.1, 0.15) is 6.10 Å². The molecule has 0 bridgehead atoms. The topological polar surface area (TPSA) is 39.2 Å². The van der Waals surface area contributed by atoms with E-state index in [2.05, 4.69) is 4.98 Å². The summed E-state index contributed by atoms with van der Waals surface area (Å²) in [6, 6.07) is 1.58. The Bertz CT molecular complexity index is 366. The van der Waals surface area contributed by atoms with Gasteiger partial charge in [-0.3, -0.25) is 4.98 Å². The maximum absolute atomic E-state index is 11.7. The minimum atomic E-state index is -0.352. The number of hydrogen-bond donors (Lipinski definition) is 0. The molecule has 3 nitrogen and oxygen atoms in total. The molecular weight excluding hydrogens is 234 g/mol. The fraction of sp³-hybridized carbons (Fsp3) is 0.400. The molecule has 1 unspecified atom stereocenters. The minimum Gasteiger partial charge on any atom is -0.458 e. The van der Waals surface area contributed by atoms with Gasteiger partial charge in [0.25, 0.3) is 0 Å². The third-order valence-corrected chi connectivity index (χ3v) is 3.59. The van der Waals surface area contributed by atoms with Crippen LogP contribution in [0.5, 0.6) is 0 Å². The molecule has 15 heavy (non-hydrogen) atoms. The number of thioether (sulfide) groups is 1. The highest BCUT2D eigenvalue weighted by atomic mass is 35.5. The number of rotatable bonds is 2. The highest BCUT2D eigenvalue weighted by Gasteiger charge is 2.21. The molecule has 1 fully saturated rings. The largest absolute Gasteiger partial charge is 0.458 e. The number of aromatic nitrogens is 1. The van der Waals surface area contributed by atoms with Crippen LogP contribution in [0.3, 0.4) is 0 Å². The number of halogens is 1. The Balaban J connectivity index is 2.04. The number of pyridine rings is 1. The molecule has 0 N–H and O–H groups in total. The van der Waals surface area contributed by atoms with Crippen molar-refractivity contribution < 1.29 is 9.53 Å². The highest BCUT2D eigenvalue weighted by Crippen LogP contribution is 2.22. The standard InChI is InChI=1S/C10H10ClNO2S/c11-9-5-12-3-1-8(9)10(13)14-7-2-4-15-6-7/h1,3,5,7H,2,4,6H2. The van der Waals surface area contributed by atoms with Crippen molar-refractivity contribution in [2.24, 2.45) is 0 Å². The third-order valence-electron chi connectivity index (χ3n) is 2.15. The zero-order valence-corrected chi connectivity index (χ0v) is 9.55. The number of carbonyl (C=O) groups excluding carboxylic acids is 1. The summed E-state index contributed by atoms with van der Waals surface area (Å²) in [4.78, 5) is 15.5. The van der Waals surface area contributed by atoms with Crippen LogP contribution in [-0.2, 0) is 4.74 Å². The monoisotopic (exact) mass is 243 g/mol. The molecule has 5 heteroatoms. The van der Waals surface area contributed by atoms with Crippen LogP contribution in [0.1, 0.15) is 16.8 Å². The molecule has 0 amide bonds. The van der Waals surface area contributed by atoms with Gasteiger partial charge in [0.15, 0.2) is 0 Å². The summed E-state index contributed by atoms with van der Waals surface area (Å²) in [6.45, 7) is 0. The van der Waals surface area contributed by atoms with Crippen LogP contribution >= 0.6 is 23.4 Å². The Labute approximate surface area is 97.2 Å². The average molecular weight is 244 g/mol. The van der Waals surface area contributed by atoms with Gasteiger partial charge in [-0.1, -0.05) is 11.6 Å². The van der Waals surface area contributed by atoms with Crippen molar-refractivity contribution in [2.75, 3.05) is 11.5 Å². The molecular formula is C10H10ClNO2S. The van der Waals surface area contributed by atoms with Gasteiger partial charge in [0.05, 0.1) is 10.6 Å². The van der Waals surface area contributed by atoms with Crippen molar-refractivity contribution in [2.45, 2.75) is 12.5 Å². The molecule has 0 aromatic carbocycles. The minimum absolute atomic E-state index is 0.0340. The first-order valence-corrected chi connectivity index (χ1v) is 6.19. The Morgan fingerprint density at radius 1 is 1.67 bits per heavy atom. The molecule has 1 aliphatic heterocycles. The summed E-state index contributed by atoms with van der Waals surface area (Å²) in [5.41, 5.74) is 0.392. The van der Waals surface area contributed by atoms with Crippen molar-refractivity contribution in [1.82, 2.24) is 4.98 Å². The molecule has 1 aromatic rings. The molecule has 1 atom stereocenters. The lowest BCUT2D eigenvalue weighted by Gasteiger charge is -2.10. The zero-order valence-electron chi connectivity index (χ0n) is 7.98. The smallest absolute Gasteiger partial charge is 0.340 e. The lowest BCUT2D eigenvalue weighted by atomic mass is 10.2. The van der Waals surface area contributed by atoms with E-state index in [4.69, 9.17) is 16.3 Å². The lowest BCUT2D eigenvalue weighted by molar-refractivity contribution is 0.0357. The Morgan fingerprint density at radius 2 is 2.53 bits per heavy atom. The van der Waals surface area contributed by atoms with E-state index in [1.807, 2.05) is 0 Å². The Hall–Kier alpha value is -0.740. The van der Waals surface area contributed by atoms with Crippen LogP contribution in [0.4, 0.5) is 0 Å². The fourth-order valence-corrected chi connectivity index (χ4v) is 2.65. The Morgan fingerprint density at radius 3 is 3.20 bits per heavy atom. The summed E-state index contributed by atoms with van der Waals surface area (Å²) in [6.07, 6.45) is 3.94. The van der Waals surface area contributed by atoms with Gasteiger partial charge >= 0.3 is 5.97 Å². The molecule has 2 heterocycles. The van der Waals surface area contributed by atoms with Crippen LogP contribution in [-0.4, -0.2) is 28.6 Å². The molecule has 0 spiro atoms. The van der Waals surface area contributed by atoms with E-state index in [0.717, 1.165) is 17.9 Å². The van der Waals surface area contributed by atoms with E-state index in [-0.39, 0.29) is 12.1 Å². The van der Waals surface area contributed by atoms with Gasteiger partial charge in [-0.15, -0.1) is 0 Å². The maximum Gasteiger partial charge on any atom is 0.340 e. The van der Waals surface area contributed by atoms with E-state index >= 15 is 0 Å². The maximum atomic E-state index is 11.7. The van der Waals surface area contributed by atoms with Crippen LogP contribution in [0.15, 0.2) is 18.5 Å². The van der Waals surface area contributed by atoms with E-state index in [9.17, 15) is 4.79 Å². The molecule has 0 saturated carbocycles. The first-order valence-electron chi connectivity index (χ1n) is 4.65.